The molecule has 0 aliphatic rings. The summed E-state index contributed by atoms with van der Waals surface area (Å²) in [4.78, 5) is 11.4. The van der Waals surface area contributed by atoms with Crippen LogP contribution in [0, 0.1) is 0 Å². The standard InChI is InChI=1S/C17H14BrFN2O2/c1-23-17(22)12-7-5-11(6-8-12)15(19)10-21-9-13-14(18)3-2-4-16(13)20-21/h2-9,15H,10H2,1H3/t15-/m0/s1. The second-order valence-electron chi connectivity index (χ2n) is 5.10. The number of esters is 1. The van der Waals surface area contributed by atoms with Crippen molar-refractivity contribution in [2.24, 2.45) is 0 Å². The molecular formula is C17H14BrFN2O2. The molecule has 0 N–H and O–H groups in total. The van der Waals surface area contributed by atoms with Crippen LogP contribution in [0.5, 0.6) is 0 Å². The highest BCUT2D eigenvalue weighted by molar-refractivity contribution is 9.10. The van der Waals surface area contributed by atoms with Gasteiger partial charge in [0, 0.05) is 16.1 Å². The van der Waals surface area contributed by atoms with E-state index in [1.807, 2.05) is 24.4 Å². The van der Waals surface area contributed by atoms with E-state index in [0.29, 0.717) is 11.1 Å². The summed E-state index contributed by atoms with van der Waals surface area (Å²) in [6.45, 7) is 0.110. The number of carbonyl (C=O) groups excluding carboxylic acids is 1. The predicted molar refractivity (Wildman–Crippen MR) is 89.1 cm³/mol. The quantitative estimate of drug-likeness (QED) is 0.637. The number of nitrogens with zero attached hydrogens (tertiary/aromatic N) is 2. The number of aromatic nitrogens is 2. The summed E-state index contributed by atoms with van der Waals surface area (Å²) in [6, 6.07) is 12.0. The first kappa shape index (κ1) is 15.7. The van der Waals surface area contributed by atoms with Crippen molar-refractivity contribution in [3.63, 3.8) is 0 Å². The van der Waals surface area contributed by atoms with Crippen LogP contribution in [0.4, 0.5) is 4.39 Å². The number of alkyl halides is 1. The Labute approximate surface area is 141 Å². The summed E-state index contributed by atoms with van der Waals surface area (Å²) >= 11 is 3.46. The van der Waals surface area contributed by atoms with Gasteiger partial charge in [-0.3, -0.25) is 4.68 Å². The van der Waals surface area contributed by atoms with Gasteiger partial charge in [0.15, 0.2) is 0 Å². The summed E-state index contributed by atoms with van der Waals surface area (Å²) < 4.78 is 21.6. The van der Waals surface area contributed by atoms with Crippen molar-refractivity contribution in [2.45, 2.75) is 12.7 Å². The third kappa shape index (κ3) is 3.27. The van der Waals surface area contributed by atoms with Gasteiger partial charge in [-0.05, 0) is 29.8 Å². The Morgan fingerprint density at radius 3 is 2.70 bits per heavy atom. The molecule has 1 aromatic heterocycles. The van der Waals surface area contributed by atoms with E-state index in [2.05, 4.69) is 25.8 Å². The number of hydrogen-bond donors (Lipinski definition) is 0. The van der Waals surface area contributed by atoms with Crippen LogP contribution < -0.4 is 0 Å². The van der Waals surface area contributed by atoms with Gasteiger partial charge in [-0.2, -0.15) is 5.10 Å². The van der Waals surface area contributed by atoms with E-state index in [0.717, 1.165) is 15.4 Å². The smallest absolute Gasteiger partial charge is 0.337 e. The monoisotopic (exact) mass is 376 g/mol. The summed E-state index contributed by atoms with van der Waals surface area (Å²) in [5, 5.41) is 5.32. The van der Waals surface area contributed by atoms with Crippen LogP contribution in [0.1, 0.15) is 22.1 Å². The van der Waals surface area contributed by atoms with Gasteiger partial charge in [-0.15, -0.1) is 0 Å². The van der Waals surface area contributed by atoms with Gasteiger partial charge in [0.05, 0.1) is 24.7 Å². The molecule has 1 atom stereocenters. The zero-order valence-electron chi connectivity index (χ0n) is 12.4. The zero-order valence-corrected chi connectivity index (χ0v) is 14.0. The number of ether oxygens (including phenoxy) is 1. The molecule has 0 saturated carbocycles. The van der Waals surface area contributed by atoms with E-state index in [1.165, 1.54) is 7.11 Å². The first-order valence-corrected chi connectivity index (χ1v) is 7.82. The minimum absolute atomic E-state index is 0.110. The van der Waals surface area contributed by atoms with E-state index in [9.17, 15) is 9.18 Å². The Bertz CT molecular complexity index is 845. The molecule has 0 amide bonds. The Hall–Kier alpha value is -2.21. The fourth-order valence-corrected chi connectivity index (χ4v) is 2.82. The molecule has 118 valence electrons. The summed E-state index contributed by atoms with van der Waals surface area (Å²) in [6.07, 6.45) is 0.601. The Morgan fingerprint density at radius 1 is 1.30 bits per heavy atom. The van der Waals surface area contributed by atoms with E-state index in [-0.39, 0.29) is 6.54 Å². The van der Waals surface area contributed by atoms with Gasteiger partial charge >= 0.3 is 5.97 Å². The normalized spacial score (nSPS) is 12.3. The van der Waals surface area contributed by atoms with Crippen LogP contribution in [0.15, 0.2) is 53.1 Å². The molecule has 3 rings (SSSR count). The highest BCUT2D eigenvalue weighted by Crippen LogP contribution is 2.25. The molecule has 0 spiro atoms. The molecule has 0 bridgehead atoms. The highest BCUT2D eigenvalue weighted by Gasteiger charge is 2.14. The van der Waals surface area contributed by atoms with E-state index in [4.69, 9.17) is 0 Å². The lowest BCUT2D eigenvalue weighted by molar-refractivity contribution is 0.0600. The van der Waals surface area contributed by atoms with Gasteiger partial charge in [0.1, 0.15) is 6.17 Å². The topological polar surface area (TPSA) is 44.1 Å². The van der Waals surface area contributed by atoms with Crippen molar-refractivity contribution in [3.8, 4) is 0 Å². The SMILES string of the molecule is COC(=O)c1ccc([C@@H](F)Cn2cc3c(Br)cccc3n2)cc1. The lowest BCUT2D eigenvalue weighted by Crippen LogP contribution is -2.06. The first-order valence-electron chi connectivity index (χ1n) is 7.02. The lowest BCUT2D eigenvalue weighted by Gasteiger charge is -2.09. The second-order valence-corrected chi connectivity index (χ2v) is 5.96. The molecule has 0 fully saturated rings. The summed E-state index contributed by atoms with van der Waals surface area (Å²) in [5.74, 6) is -0.435. The van der Waals surface area contributed by atoms with Crippen molar-refractivity contribution in [1.29, 1.82) is 0 Å². The van der Waals surface area contributed by atoms with E-state index < -0.39 is 12.1 Å². The Morgan fingerprint density at radius 2 is 2.04 bits per heavy atom. The maximum absolute atomic E-state index is 14.5. The minimum Gasteiger partial charge on any atom is -0.465 e. The van der Waals surface area contributed by atoms with Crippen molar-refractivity contribution in [1.82, 2.24) is 9.78 Å². The Kier molecular flexibility index (Phi) is 4.43. The number of hydrogen-bond acceptors (Lipinski definition) is 3. The maximum atomic E-state index is 14.5. The summed E-state index contributed by atoms with van der Waals surface area (Å²) in [5.41, 5.74) is 1.71. The third-order valence-corrected chi connectivity index (χ3v) is 4.28. The van der Waals surface area contributed by atoms with Crippen LogP contribution in [0.25, 0.3) is 10.9 Å². The molecule has 0 unspecified atom stereocenters. The van der Waals surface area contributed by atoms with Gasteiger partial charge < -0.3 is 4.74 Å². The molecule has 0 aliphatic carbocycles. The van der Waals surface area contributed by atoms with Crippen LogP contribution in [0.2, 0.25) is 0 Å². The van der Waals surface area contributed by atoms with Gasteiger partial charge in [-0.1, -0.05) is 34.1 Å². The zero-order chi connectivity index (χ0) is 16.4. The number of benzene rings is 2. The average Bonchev–Trinajstić information content (AvgIpc) is 2.98. The number of methoxy groups -OCH3 is 1. The molecule has 0 saturated heterocycles. The Balaban J connectivity index is 1.78. The molecule has 4 nitrogen and oxygen atoms in total. The van der Waals surface area contributed by atoms with Gasteiger partial charge in [0.2, 0.25) is 0 Å². The molecule has 2 aromatic carbocycles. The molecule has 0 aliphatic heterocycles. The fourth-order valence-electron chi connectivity index (χ4n) is 2.37. The lowest BCUT2D eigenvalue weighted by atomic mass is 10.1. The number of carbonyl (C=O) groups is 1. The van der Waals surface area contributed by atoms with Gasteiger partial charge in [-0.25, -0.2) is 9.18 Å². The highest BCUT2D eigenvalue weighted by atomic mass is 79.9. The predicted octanol–water partition coefficient (Wildman–Crippen LogP) is 4.30. The molecule has 0 radical (unpaired) electrons. The van der Waals surface area contributed by atoms with E-state index in [1.54, 1.807) is 28.9 Å². The van der Waals surface area contributed by atoms with Crippen LogP contribution in [-0.4, -0.2) is 22.9 Å². The fraction of sp³-hybridized carbons (Fsp3) is 0.176. The third-order valence-electron chi connectivity index (χ3n) is 3.59. The van der Waals surface area contributed by atoms with Crippen molar-refractivity contribution >= 4 is 32.8 Å². The minimum atomic E-state index is -1.21. The number of rotatable bonds is 4. The summed E-state index contributed by atoms with van der Waals surface area (Å²) in [7, 11) is 1.31. The average molecular weight is 377 g/mol. The van der Waals surface area contributed by atoms with Crippen molar-refractivity contribution < 1.29 is 13.9 Å². The van der Waals surface area contributed by atoms with Crippen molar-refractivity contribution in [2.75, 3.05) is 7.11 Å². The largest absolute Gasteiger partial charge is 0.465 e. The number of fused-ring (bicyclic) bond motifs is 1. The molecular weight excluding hydrogens is 363 g/mol. The van der Waals surface area contributed by atoms with Crippen LogP contribution >= 0.6 is 15.9 Å². The van der Waals surface area contributed by atoms with Crippen molar-refractivity contribution in [3.05, 3.63) is 64.3 Å². The molecule has 23 heavy (non-hydrogen) atoms. The van der Waals surface area contributed by atoms with Crippen LogP contribution in [-0.2, 0) is 11.3 Å². The number of halogens is 2. The first-order chi connectivity index (χ1) is 11.1. The molecule has 3 aromatic rings. The molecule has 6 heteroatoms. The maximum Gasteiger partial charge on any atom is 0.337 e. The second kappa shape index (κ2) is 6.50. The van der Waals surface area contributed by atoms with Gasteiger partial charge in [0.25, 0.3) is 0 Å². The van der Waals surface area contributed by atoms with Crippen LogP contribution in [0.3, 0.4) is 0 Å². The molecule has 1 heterocycles. The van der Waals surface area contributed by atoms with E-state index >= 15 is 0 Å².